The topological polar surface area (TPSA) is 318 Å². The summed E-state index contributed by atoms with van der Waals surface area (Å²) in [4.78, 5) is 99.5. The largest absolute Gasteiger partial charge is 0.501 e. The first-order valence-corrected chi connectivity index (χ1v) is 43.3. The summed E-state index contributed by atoms with van der Waals surface area (Å²) in [5.74, 6) is -5.97. The van der Waals surface area contributed by atoms with Gasteiger partial charge in [0.05, 0.1) is 84.3 Å². The van der Waals surface area contributed by atoms with Gasteiger partial charge in [-0.25, -0.2) is 50.4 Å². The SMILES string of the molecule is COC(=O)c1cc(Br)c(C)c(I)c1.COC(=O)c1cc(Br)c(C)c(S(=O)(=O)C(F)(F)F)c1.COC(=O)c1cc(Br)c(C)c(SC(=O)c2ccccc2)c1.COC(=O)c1cc(Br)c(C)c(SC(F)(F)F)c1.COC(=O)c1cc(Br)c(COC(C)=O)c(S(=O)(=O)C(F)(F)F)c1.Cc1c(Br)cc(C(=O)O)cc1I.Cc1ccc(C(=O)O)cc1Br. The van der Waals surface area contributed by atoms with Crippen LogP contribution in [0.15, 0.2) is 172 Å². The van der Waals surface area contributed by atoms with E-state index in [9.17, 15) is 99.5 Å². The van der Waals surface area contributed by atoms with Crippen molar-refractivity contribution in [1.82, 2.24) is 0 Å². The standard InChI is InChI=1S/C16H13BrO3S.C12H10BrF3O6S.C10H8BrF3O4S.C10H8BrF3O2S.C9H8BrIO2.C8H6BrIO2.C8H7BrO2/c1-10-13(17)8-12(15(18)20-2)9-14(10)21-16(19)11-6-4-3-5-7-11;1-6(17)22-5-8-9(13)3-7(11(18)21-2)4-10(8)23(19,20)12(14,15)16;1-5-7(11)3-6(9(15)18-2)4-8(5)19(16,17)10(12,13)14;1-5-7(11)3-6(9(15)16-2)4-8(5)17-10(12,13)14;1-5-7(10)3-6(4-8(5)11)9(12)13-2;1-4-6(9)2-5(8(11)12)3-7(4)10;1-5-2-3-6(8(10)11)4-7(5)9/h3-9H,1-2H3;3-4H,5H2,1-2H3;3-4H,1-2H3;3-4H,1-2H3;3-4H,1-2H3;2-3H,1H3,(H,11,12);2-4H,1H3,(H,10,11). The highest BCUT2D eigenvalue weighted by Crippen LogP contribution is 2.42. The molecular weight excluding hydrogens is 2330 g/mol. The zero-order valence-electron chi connectivity index (χ0n) is 61.3. The molecule has 8 aromatic rings. The number of alkyl halides is 9. The predicted molar refractivity (Wildman–Crippen MR) is 454 cm³/mol. The van der Waals surface area contributed by atoms with E-state index < -0.39 is 106 Å². The van der Waals surface area contributed by atoms with Crippen LogP contribution in [0, 0.1) is 48.7 Å². The molecule has 0 aromatic heterocycles. The number of thioether (sulfide) groups is 2. The van der Waals surface area contributed by atoms with Crippen LogP contribution in [0.25, 0.3) is 0 Å². The Hall–Kier alpha value is -6.02. The molecule has 0 bridgehead atoms. The van der Waals surface area contributed by atoms with Crippen molar-refractivity contribution >= 4 is 253 Å². The maximum Gasteiger partial charge on any atom is 0.501 e. The van der Waals surface area contributed by atoms with Gasteiger partial charge in [0.2, 0.25) is 5.12 Å². The minimum absolute atomic E-state index is 0.0210. The number of halogens is 18. The smallest absolute Gasteiger partial charge is 0.478 e. The molecule has 116 heavy (non-hydrogen) atoms. The summed E-state index contributed by atoms with van der Waals surface area (Å²) >= 11 is 27.4. The molecule has 0 atom stereocenters. The first-order valence-electron chi connectivity index (χ1n) is 31.0. The van der Waals surface area contributed by atoms with Crippen molar-refractivity contribution < 1.29 is 138 Å². The third-order valence-electron chi connectivity index (χ3n) is 14.4. The van der Waals surface area contributed by atoms with E-state index >= 15 is 0 Å². The molecule has 0 unspecified atom stereocenters. The number of carbonyl (C=O) groups excluding carboxylic acids is 7. The highest BCUT2D eigenvalue weighted by atomic mass is 127. The zero-order valence-corrected chi connectivity index (χ0v) is 80.0. The second-order valence-electron chi connectivity index (χ2n) is 22.3. The molecule has 0 aliphatic heterocycles. The highest BCUT2D eigenvalue weighted by Gasteiger charge is 2.49. The lowest BCUT2D eigenvalue weighted by atomic mass is 10.1. The molecule has 0 amide bonds. The Kier molecular flexibility index (Phi) is 43.2. The molecule has 0 saturated heterocycles. The van der Waals surface area contributed by atoms with Crippen LogP contribution < -0.4 is 0 Å². The third kappa shape index (κ3) is 31.8. The van der Waals surface area contributed by atoms with Crippen molar-refractivity contribution in [2.24, 2.45) is 0 Å². The molecule has 628 valence electrons. The van der Waals surface area contributed by atoms with E-state index in [-0.39, 0.29) is 53.4 Å². The minimum Gasteiger partial charge on any atom is -0.478 e. The maximum absolute atomic E-state index is 12.8. The average Bonchev–Trinajstić information content (AvgIpc) is 0.768. The van der Waals surface area contributed by atoms with E-state index in [1.165, 1.54) is 46.5 Å². The Labute approximate surface area is 752 Å². The van der Waals surface area contributed by atoms with E-state index in [0.717, 1.165) is 91.2 Å². The normalized spacial score (nSPS) is 10.9. The number of hydrogen-bond acceptors (Lipinski definition) is 21. The van der Waals surface area contributed by atoms with Crippen LogP contribution in [-0.2, 0) is 59.5 Å². The van der Waals surface area contributed by atoms with Gasteiger partial charge in [0.1, 0.15) is 6.61 Å². The molecule has 0 aliphatic rings. The number of rotatable bonds is 14. The fourth-order valence-electron chi connectivity index (χ4n) is 8.04. The number of aryl methyl sites for hydroxylation is 1. The second-order valence-corrected chi connectivity index (χ2v) is 36.6. The molecule has 0 saturated carbocycles. The van der Waals surface area contributed by atoms with Crippen LogP contribution in [0.3, 0.4) is 0 Å². The van der Waals surface area contributed by atoms with E-state index in [2.05, 4.69) is 180 Å². The molecule has 0 spiro atoms. The Morgan fingerprint density at radius 3 is 1.09 bits per heavy atom. The number of carboxylic acid groups (broad SMARTS) is 2. The molecule has 8 rings (SSSR count). The van der Waals surface area contributed by atoms with Crippen molar-refractivity contribution in [3.8, 4) is 0 Å². The lowest BCUT2D eigenvalue weighted by Gasteiger charge is -2.15. The highest BCUT2D eigenvalue weighted by molar-refractivity contribution is 14.1. The Balaban J connectivity index is 0.000000465. The fraction of sp³-hybridized carbons (Fsp3) is 0.219. The average molecular weight is 2390 g/mol. The zero-order chi connectivity index (χ0) is 89.4. The summed E-state index contributed by atoms with van der Waals surface area (Å²) in [6, 6.07) is 30.2. The molecule has 21 nitrogen and oxygen atoms in total. The molecule has 43 heteroatoms. The van der Waals surface area contributed by atoms with Crippen LogP contribution in [0.5, 0.6) is 0 Å². The van der Waals surface area contributed by atoms with Crippen molar-refractivity contribution in [3.05, 3.63) is 243 Å². The fourth-order valence-corrected chi connectivity index (χ4v) is 17.5. The van der Waals surface area contributed by atoms with Gasteiger partial charge in [-0.05, 0) is 229 Å². The quantitative estimate of drug-likeness (QED) is 0.0336. The van der Waals surface area contributed by atoms with Crippen LogP contribution in [-0.4, -0.2) is 132 Å². The lowest BCUT2D eigenvalue weighted by molar-refractivity contribution is -0.142. The molecule has 8 aromatic carbocycles. The van der Waals surface area contributed by atoms with Gasteiger partial charge in [-0.2, -0.15) is 39.5 Å². The first-order chi connectivity index (χ1) is 53.4. The van der Waals surface area contributed by atoms with Gasteiger partial charge in [0, 0.05) is 66.3 Å². The number of benzene rings is 8. The van der Waals surface area contributed by atoms with E-state index in [1.54, 1.807) is 67.6 Å². The molecule has 0 radical (unpaired) electrons. The van der Waals surface area contributed by atoms with Gasteiger partial charge >= 0.3 is 64.3 Å². The molecule has 2 N–H and O–H groups in total. The van der Waals surface area contributed by atoms with Gasteiger partial charge in [-0.3, -0.25) is 9.59 Å². The number of carbonyl (C=O) groups is 9. The maximum atomic E-state index is 12.8. The summed E-state index contributed by atoms with van der Waals surface area (Å²) < 4.78 is 192. The van der Waals surface area contributed by atoms with Crippen molar-refractivity contribution in [1.29, 1.82) is 0 Å². The van der Waals surface area contributed by atoms with Gasteiger partial charge < -0.3 is 38.6 Å². The lowest BCUT2D eigenvalue weighted by Crippen LogP contribution is -2.25. The Morgan fingerprint density at radius 1 is 0.397 bits per heavy atom. The van der Waals surface area contributed by atoms with Crippen molar-refractivity contribution in [2.45, 2.75) is 91.2 Å². The molecule has 0 aliphatic carbocycles. The Morgan fingerprint density at radius 2 is 0.724 bits per heavy atom. The molecular formula is C73H60Br7F9I2O21S4. The predicted octanol–water partition coefficient (Wildman–Crippen LogP) is 22.7. The van der Waals surface area contributed by atoms with Gasteiger partial charge in [0.25, 0.3) is 19.7 Å². The Bertz CT molecular complexity index is 5210. The van der Waals surface area contributed by atoms with Gasteiger partial charge in [0.15, 0.2) is 0 Å². The number of carboxylic acids is 2. The summed E-state index contributed by atoms with van der Waals surface area (Å²) in [6.45, 7) is 10.8. The summed E-state index contributed by atoms with van der Waals surface area (Å²) in [6.07, 6.45) is 0. The van der Waals surface area contributed by atoms with Crippen LogP contribution >= 0.6 is 180 Å². The number of ether oxygens (including phenoxy) is 6. The number of sulfone groups is 2. The summed E-state index contributed by atoms with van der Waals surface area (Å²) in [5.41, 5.74) is -9.79. The van der Waals surface area contributed by atoms with Crippen LogP contribution in [0.2, 0.25) is 0 Å². The summed E-state index contributed by atoms with van der Waals surface area (Å²) in [7, 11) is -5.40. The first kappa shape index (κ1) is 106. The van der Waals surface area contributed by atoms with Crippen molar-refractivity contribution in [3.63, 3.8) is 0 Å². The van der Waals surface area contributed by atoms with Crippen LogP contribution in [0.4, 0.5) is 39.5 Å². The molecule has 0 fully saturated rings. The monoisotopic (exact) mass is 2380 g/mol. The number of aromatic carboxylic acids is 2. The van der Waals surface area contributed by atoms with E-state index in [1.807, 2.05) is 52.0 Å². The van der Waals surface area contributed by atoms with E-state index in [0.29, 0.717) is 50.0 Å². The number of methoxy groups -OCH3 is 5. The van der Waals surface area contributed by atoms with Crippen LogP contribution in [0.1, 0.15) is 129 Å². The second kappa shape index (κ2) is 47.3. The molecule has 0 heterocycles. The summed E-state index contributed by atoms with van der Waals surface area (Å²) in [5, 5.41) is 17.2. The van der Waals surface area contributed by atoms with Gasteiger partial charge in [-0.1, -0.05) is 148 Å². The third-order valence-corrected chi connectivity index (χ3v) is 27.5. The van der Waals surface area contributed by atoms with E-state index in [4.69, 9.17) is 14.9 Å². The van der Waals surface area contributed by atoms with Gasteiger partial charge in [-0.15, -0.1) is 0 Å². The number of hydrogen-bond donors (Lipinski definition) is 2. The van der Waals surface area contributed by atoms with Crippen molar-refractivity contribution in [2.75, 3.05) is 35.5 Å². The minimum atomic E-state index is -5.77. The number of esters is 6.